The third-order valence-corrected chi connectivity index (χ3v) is 2.73. The summed E-state index contributed by atoms with van der Waals surface area (Å²) >= 11 is 6.09. The van der Waals surface area contributed by atoms with E-state index in [1.165, 1.54) is 0 Å². The molecule has 15 heavy (non-hydrogen) atoms. The highest BCUT2D eigenvalue weighted by atomic mass is 35.5. The predicted octanol–water partition coefficient (Wildman–Crippen LogP) is 3.21. The van der Waals surface area contributed by atoms with E-state index in [0.717, 1.165) is 27.3 Å². The highest BCUT2D eigenvalue weighted by molar-refractivity contribution is 6.35. The minimum Gasteiger partial charge on any atom is -0.353 e. The van der Waals surface area contributed by atoms with Gasteiger partial charge in [-0.05, 0) is 24.3 Å². The number of benzene rings is 1. The zero-order chi connectivity index (χ0) is 10.3. The highest BCUT2D eigenvalue weighted by Crippen LogP contribution is 2.27. The number of aromatic nitrogens is 3. The summed E-state index contributed by atoms with van der Waals surface area (Å²) in [5.41, 5.74) is 2.99. The van der Waals surface area contributed by atoms with Crippen molar-refractivity contribution in [2.24, 2.45) is 0 Å². The van der Waals surface area contributed by atoms with Crippen LogP contribution in [0.25, 0.3) is 22.3 Å². The number of H-pyrrole nitrogens is 2. The highest BCUT2D eigenvalue weighted by Gasteiger charge is 2.05. The summed E-state index contributed by atoms with van der Waals surface area (Å²) in [6.45, 7) is 0. The van der Waals surface area contributed by atoms with Crippen LogP contribution in [0, 0.1) is 0 Å². The molecule has 0 amide bonds. The second-order valence-electron chi connectivity index (χ2n) is 3.35. The van der Waals surface area contributed by atoms with E-state index in [9.17, 15) is 0 Å². The molecule has 0 bridgehead atoms. The van der Waals surface area contributed by atoms with Crippen molar-refractivity contribution in [3.8, 4) is 11.4 Å². The van der Waals surface area contributed by atoms with Crippen LogP contribution < -0.4 is 0 Å². The molecule has 3 aromatic rings. The van der Waals surface area contributed by atoms with Crippen molar-refractivity contribution < 1.29 is 0 Å². The van der Waals surface area contributed by atoms with Gasteiger partial charge in [-0.3, -0.25) is 5.10 Å². The fourth-order valence-electron chi connectivity index (χ4n) is 1.67. The van der Waals surface area contributed by atoms with Gasteiger partial charge in [0.1, 0.15) is 0 Å². The monoisotopic (exact) mass is 217 g/mol. The predicted molar refractivity (Wildman–Crippen MR) is 60.9 cm³/mol. The molecule has 0 spiro atoms. The Balaban J connectivity index is 2.27. The SMILES string of the molecule is Clc1cccc2[nH]c(-c3ccn[nH]3)cc12. The standard InChI is InChI=1S/C11H8ClN3/c12-8-2-1-3-9-7(8)6-11(14-9)10-4-5-13-15-10/h1-6,14H,(H,13,15). The number of rotatable bonds is 1. The van der Waals surface area contributed by atoms with Crippen LogP contribution in [-0.4, -0.2) is 15.2 Å². The Morgan fingerprint density at radius 1 is 1.13 bits per heavy atom. The van der Waals surface area contributed by atoms with E-state index in [-0.39, 0.29) is 0 Å². The molecule has 0 radical (unpaired) electrons. The van der Waals surface area contributed by atoms with Crippen LogP contribution >= 0.6 is 11.6 Å². The van der Waals surface area contributed by atoms with Crippen molar-refractivity contribution in [2.75, 3.05) is 0 Å². The van der Waals surface area contributed by atoms with Gasteiger partial charge in [0.05, 0.1) is 11.4 Å². The average molecular weight is 218 g/mol. The number of hydrogen-bond acceptors (Lipinski definition) is 1. The molecule has 0 fully saturated rings. The van der Waals surface area contributed by atoms with E-state index < -0.39 is 0 Å². The molecule has 0 saturated carbocycles. The van der Waals surface area contributed by atoms with E-state index >= 15 is 0 Å². The molecule has 2 heterocycles. The van der Waals surface area contributed by atoms with Crippen LogP contribution in [0.3, 0.4) is 0 Å². The lowest BCUT2D eigenvalue weighted by Crippen LogP contribution is -1.75. The molecular formula is C11H8ClN3. The van der Waals surface area contributed by atoms with Crippen LogP contribution in [-0.2, 0) is 0 Å². The Morgan fingerprint density at radius 2 is 2.07 bits per heavy atom. The fourth-order valence-corrected chi connectivity index (χ4v) is 1.90. The number of aromatic amines is 2. The van der Waals surface area contributed by atoms with Crippen LogP contribution in [0.15, 0.2) is 36.5 Å². The van der Waals surface area contributed by atoms with Gasteiger partial charge in [0.2, 0.25) is 0 Å². The molecule has 0 saturated heterocycles. The van der Waals surface area contributed by atoms with E-state index in [4.69, 9.17) is 11.6 Å². The summed E-state index contributed by atoms with van der Waals surface area (Å²) < 4.78 is 0. The van der Waals surface area contributed by atoms with Crippen molar-refractivity contribution in [3.05, 3.63) is 41.6 Å². The topological polar surface area (TPSA) is 44.5 Å². The smallest absolute Gasteiger partial charge is 0.0812 e. The molecule has 0 aliphatic heterocycles. The maximum Gasteiger partial charge on any atom is 0.0812 e. The molecule has 1 aromatic carbocycles. The first kappa shape index (κ1) is 8.56. The third-order valence-electron chi connectivity index (χ3n) is 2.40. The summed E-state index contributed by atoms with van der Waals surface area (Å²) in [7, 11) is 0. The van der Waals surface area contributed by atoms with Gasteiger partial charge < -0.3 is 4.98 Å². The Hall–Kier alpha value is -1.74. The maximum absolute atomic E-state index is 6.09. The average Bonchev–Trinajstić information content (AvgIpc) is 2.86. The second kappa shape index (κ2) is 3.14. The molecule has 2 aromatic heterocycles. The largest absolute Gasteiger partial charge is 0.353 e. The van der Waals surface area contributed by atoms with Gasteiger partial charge in [0, 0.05) is 22.1 Å². The van der Waals surface area contributed by atoms with Crippen LogP contribution in [0.4, 0.5) is 0 Å². The van der Waals surface area contributed by atoms with Gasteiger partial charge in [0.25, 0.3) is 0 Å². The van der Waals surface area contributed by atoms with Crippen molar-refractivity contribution in [2.45, 2.75) is 0 Å². The van der Waals surface area contributed by atoms with Crippen LogP contribution in [0.5, 0.6) is 0 Å². The van der Waals surface area contributed by atoms with Gasteiger partial charge >= 0.3 is 0 Å². The lowest BCUT2D eigenvalue weighted by atomic mass is 10.2. The van der Waals surface area contributed by atoms with Gasteiger partial charge in [-0.1, -0.05) is 17.7 Å². The molecule has 0 atom stereocenters. The molecule has 2 N–H and O–H groups in total. The molecule has 3 nitrogen and oxygen atoms in total. The molecule has 0 aliphatic rings. The Bertz CT molecular complexity index is 595. The number of fused-ring (bicyclic) bond motifs is 1. The molecule has 0 unspecified atom stereocenters. The summed E-state index contributed by atoms with van der Waals surface area (Å²) in [6, 6.07) is 9.75. The van der Waals surface area contributed by atoms with Crippen molar-refractivity contribution in [1.82, 2.24) is 15.2 Å². The van der Waals surface area contributed by atoms with Gasteiger partial charge in [-0.15, -0.1) is 0 Å². The van der Waals surface area contributed by atoms with Gasteiger partial charge in [0.15, 0.2) is 0 Å². The maximum atomic E-state index is 6.09. The third kappa shape index (κ3) is 1.32. The molecule has 0 aliphatic carbocycles. The van der Waals surface area contributed by atoms with Crippen LogP contribution in [0.2, 0.25) is 5.02 Å². The molecule has 74 valence electrons. The van der Waals surface area contributed by atoms with Crippen molar-refractivity contribution in [3.63, 3.8) is 0 Å². The summed E-state index contributed by atoms with van der Waals surface area (Å²) in [6.07, 6.45) is 1.72. The quantitative estimate of drug-likeness (QED) is 0.646. The number of nitrogens with one attached hydrogen (secondary N) is 2. The van der Waals surface area contributed by atoms with E-state index in [1.807, 2.05) is 30.3 Å². The molecular weight excluding hydrogens is 210 g/mol. The molecule has 3 rings (SSSR count). The summed E-state index contributed by atoms with van der Waals surface area (Å²) in [4.78, 5) is 3.28. The van der Waals surface area contributed by atoms with E-state index in [1.54, 1.807) is 6.20 Å². The number of nitrogens with zero attached hydrogens (tertiary/aromatic N) is 1. The molecule has 4 heteroatoms. The summed E-state index contributed by atoms with van der Waals surface area (Å²) in [5, 5.41) is 8.61. The van der Waals surface area contributed by atoms with E-state index in [2.05, 4.69) is 15.2 Å². The first-order chi connectivity index (χ1) is 7.34. The van der Waals surface area contributed by atoms with E-state index in [0.29, 0.717) is 0 Å². The Morgan fingerprint density at radius 3 is 2.80 bits per heavy atom. The minimum absolute atomic E-state index is 0.759. The number of halogens is 1. The lowest BCUT2D eigenvalue weighted by Gasteiger charge is -1.90. The zero-order valence-electron chi connectivity index (χ0n) is 7.79. The van der Waals surface area contributed by atoms with Crippen molar-refractivity contribution in [1.29, 1.82) is 0 Å². The normalized spacial score (nSPS) is 11.0. The fraction of sp³-hybridized carbons (Fsp3) is 0. The minimum atomic E-state index is 0.759. The number of hydrogen-bond donors (Lipinski definition) is 2. The van der Waals surface area contributed by atoms with Crippen LogP contribution in [0.1, 0.15) is 0 Å². The van der Waals surface area contributed by atoms with Crippen molar-refractivity contribution >= 4 is 22.5 Å². The zero-order valence-corrected chi connectivity index (χ0v) is 8.55. The first-order valence-electron chi connectivity index (χ1n) is 4.61. The second-order valence-corrected chi connectivity index (χ2v) is 3.76. The van der Waals surface area contributed by atoms with Gasteiger partial charge in [-0.25, -0.2) is 0 Å². The Kier molecular flexibility index (Phi) is 1.79. The first-order valence-corrected chi connectivity index (χ1v) is 4.99. The Labute approximate surface area is 91.1 Å². The summed E-state index contributed by atoms with van der Waals surface area (Å²) in [5.74, 6) is 0. The van der Waals surface area contributed by atoms with Gasteiger partial charge in [-0.2, -0.15) is 5.10 Å². The lowest BCUT2D eigenvalue weighted by molar-refractivity contribution is 1.09.